The van der Waals surface area contributed by atoms with Crippen LogP contribution < -0.4 is 4.90 Å². The van der Waals surface area contributed by atoms with Gasteiger partial charge < -0.3 is 14.1 Å². The van der Waals surface area contributed by atoms with Crippen LogP contribution in [0, 0.1) is 13.8 Å². The fourth-order valence-electron chi connectivity index (χ4n) is 3.16. The first kappa shape index (κ1) is 14.3. The zero-order valence-corrected chi connectivity index (χ0v) is 13.5. The zero-order chi connectivity index (χ0) is 15.8. The number of aryl methyl sites for hydroxylation is 2. The van der Waals surface area contributed by atoms with Gasteiger partial charge in [-0.2, -0.15) is 0 Å². The maximum atomic E-state index is 5.76. The van der Waals surface area contributed by atoms with Gasteiger partial charge in [0, 0.05) is 18.5 Å². The summed E-state index contributed by atoms with van der Waals surface area (Å²) < 4.78 is 11.2. The molecule has 0 radical (unpaired) electrons. The first-order valence-corrected chi connectivity index (χ1v) is 8.02. The number of fused-ring (bicyclic) bond motifs is 1. The maximum absolute atomic E-state index is 5.76. The van der Waals surface area contributed by atoms with Gasteiger partial charge in [0.05, 0.1) is 24.4 Å². The second-order valence-electron chi connectivity index (χ2n) is 6.01. The monoisotopic (exact) mass is 308 g/mol. The topological polar surface area (TPSA) is 38.5 Å². The Kier molecular flexibility index (Phi) is 3.54. The van der Waals surface area contributed by atoms with Crippen LogP contribution in [0.3, 0.4) is 0 Å². The molecule has 0 unspecified atom stereocenters. The number of rotatable bonds is 2. The van der Waals surface area contributed by atoms with Crippen LogP contribution in [-0.4, -0.2) is 31.3 Å². The normalized spacial score (nSPS) is 15.3. The molecule has 0 aliphatic carbocycles. The minimum atomic E-state index is 0.770. The Morgan fingerprint density at radius 3 is 2.61 bits per heavy atom. The number of benzene rings is 1. The predicted molar refractivity (Wildman–Crippen MR) is 92.0 cm³/mol. The molecule has 3 aromatic rings. The number of furan rings is 1. The summed E-state index contributed by atoms with van der Waals surface area (Å²) >= 11 is 0. The SMILES string of the molecule is Cc1ccc(-c2cc(C)c3cccc(N4CCOCC4)c3n2)o1. The Morgan fingerprint density at radius 2 is 1.87 bits per heavy atom. The van der Waals surface area contributed by atoms with Gasteiger partial charge in [0.2, 0.25) is 0 Å². The van der Waals surface area contributed by atoms with Crippen LogP contribution in [-0.2, 0) is 4.74 Å². The fraction of sp³-hybridized carbons (Fsp3) is 0.316. The van der Waals surface area contributed by atoms with Gasteiger partial charge in [0.25, 0.3) is 0 Å². The molecule has 0 saturated carbocycles. The molecule has 0 bridgehead atoms. The summed E-state index contributed by atoms with van der Waals surface area (Å²) in [5, 5.41) is 1.20. The molecule has 3 heterocycles. The molecule has 4 heteroatoms. The highest BCUT2D eigenvalue weighted by atomic mass is 16.5. The van der Waals surface area contributed by atoms with Crippen molar-refractivity contribution >= 4 is 16.6 Å². The molecule has 1 aliphatic heterocycles. The van der Waals surface area contributed by atoms with Crippen LogP contribution in [0.15, 0.2) is 40.8 Å². The van der Waals surface area contributed by atoms with E-state index in [4.69, 9.17) is 14.1 Å². The van der Waals surface area contributed by atoms with Crippen molar-refractivity contribution in [3.8, 4) is 11.5 Å². The molecule has 1 fully saturated rings. The van der Waals surface area contributed by atoms with Crippen molar-refractivity contribution in [2.24, 2.45) is 0 Å². The molecule has 1 aliphatic rings. The van der Waals surface area contributed by atoms with Gasteiger partial charge in [0.1, 0.15) is 11.5 Å². The lowest BCUT2D eigenvalue weighted by molar-refractivity contribution is 0.123. The fourth-order valence-corrected chi connectivity index (χ4v) is 3.16. The van der Waals surface area contributed by atoms with Gasteiger partial charge in [0.15, 0.2) is 5.76 Å². The average molecular weight is 308 g/mol. The van der Waals surface area contributed by atoms with E-state index in [1.807, 2.05) is 19.1 Å². The number of hydrogen-bond acceptors (Lipinski definition) is 4. The number of aromatic nitrogens is 1. The van der Waals surface area contributed by atoms with Gasteiger partial charge in [-0.25, -0.2) is 4.98 Å². The number of para-hydroxylation sites is 1. The third-order valence-electron chi connectivity index (χ3n) is 4.37. The molecular formula is C19H20N2O2. The van der Waals surface area contributed by atoms with Crippen molar-refractivity contribution in [1.29, 1.82) is 0 Å². The van der Waals surface area contributed by atoms with Crippen molar-refractivity contribution in [3.63, 3.8) is 0 Å². The second-order valence-corrected chi connectivity index (χ2v) is 6.01. The third-order valence-corrected chi connectivity index (χ3v) is 4.37. The van der Waals surface area contributed by atoms with Crippen LogP contribution >= 0.6 is 0 Å². The van der Waals surface area contributed by atoms with Gasteiger partial charge in [-0.1, -0.05) is 12.1 Å². The van der Waals surface area contributed by atoms with Crippen molar-refractivity contribution in [2.75, 3.05) is 31.2 Å². The highest BCUT2D eigenvalue weighted by Crippen LogP contribution is 2.31. The van der Waals surface area contributed by atoms with E-state index in [1.54, 1.807) is 0 Å². The molecule has 2 aromatic heterocycles. The lowest BCUT2D eigenvalue weighted by Crippen LogP contribution is -2.36. The standard InChI is InChI=1S/C19H20N2O2/c1-13-12-16(18-7-6-14(2)23-18)20-19-15(13)4-3-5-17(19)21-8-10-22-11-9-21/h3-7,12H,8-11H2,1-2H3. The Labute approximate surface area is 135 Å². The van der Waals surface area contributed by atoms with Crippen LogP contribution in [0.4, 0.5) is 5.69 Å². The van der Waals surface area contributed by atoms with E-state index in [9.17, 15) is 0 Å². The van der Waals surface area contributed by atoms with E-state index >= 15 is 0 Å². The molecule has 1 saturated heterocycles. The van der Waals surface area contributed by atoms with Crippen LogP contribution in [0.2, 0.25) is 0 Å². The highest BCUT2D eigenvalue weighted by molar-refractivity contribution is 5.94. The van der Waals surface area contributed by atoms with E-state index in [-0.39, 0.29) is 0 Å². The lowest BCUT2D eigenvalue weighted by atomic mass is 10.1. The summed E-state index contributed by atoms with van der Waals surface area (Å²) in [6, 6.07) is 12.5. The molecule has 118 valence electrons. The smallest absolute Gasteiger partial charge is 0.152 e. The van der Waals surface area contributed by atoms with Gasteiger partial charge in [-0.15, -0.1) is 0 Å². The molecule has 0 N–H and O–H groups in total. The van der Waals surface area contributed by atoms with Crippen molar-refractivity contribution in [1.82, 2.24) is 4.98 Å². The largest absolute Gasteiger partial charge is 0.460 e. The number of hydrogen-bond donors (Lipinski definition) is 0. The van der Waals surface area contributed by atoms with Gasteiger partial charge in [-0.3, -0.25) is 0 Å². The molecule has 1 aromatic carbocycles. The molecule has 0 atom stereocenters. The third kappa shape index (κ3) is 2.59. The number of nitrogens with zero attached hydrogens (tertiary/aromatic N) is 2. The average Bonchev–Trinajstić information content (AvgIpc) is 3.02. The van der Waals surface area contributed by atoms with E-state index in [0.29, 0.717) is 0 Å². The van der Waals surface area contributed by atoms with E-state index in [0.717, 1.165) is 49.0 Å². The first-order chi connectivity index (χ1) is 11.2. The first-order valence-electron chi connectivity index (χ1n) is 8.02. The summed E-state index contributed by atoms with van der Waals surface area (Å²) in [6.45, 7) is 7.44. The summed E-state index contributed by atoms with van der Waals surface area (Å²) in [5.41, 5.74) is 4.33. The Bertz CT molecular complexity index is 848. The predicted octanol–water partition coefficient (Wildman–Crippen LogP) is 3.95. The van der Waals surface area contributed by atoms with E-state index < -0.39 is 0 Å². The van der Waals surface area contributed by atoms with Crippen LogP contribution in [0.1, 0.15) is 11.3 Å². The van der Waals surface area contributed by atoms with E-state index in [2.05, 4.69) is 36.1 Å². The molecule has 23 heavy (non-hydrogen) atoms. The van der Waals surface area contributed by atoms with E-state index in [1.165, 1.54) is 16.6 Å². The van der Waals surface area contributed by atoms with Gasteiger partial charge in [-0.05, 0) is 43.7 Å². The Hall–Kier alpha value is -2.33. The van der Waals surface area contributed by atoms with Crippen molar-refractivity contribution in [2.45, 2.75) is 13.8 Å². The summed E-state index contributed by atoms with van der Waals surface area (Å²) in [7, 11) is 0. The molecule has 0 amide bonds. The van der Waals surface area contributed by atoms with Gasteiger partial charge >= 0.3 is 0 Å². The minimum absolute atomic E-state index is 0.770. The van der Waals surface area contributed by atoms with Crippen molar-refractivity contribution < 1.29 is 9.15 Å². The second kappa shape index (κ2) is 5.70. The molecule has 4 nitrogen and oxygen atoms in total. The lowest BCUT2D eigenvalue weighted by Gasteiger charge is -2.29. The molecule has 4 rings (SSSR count). The van der Waals surface area contributed by atoms with Crippen LogP contribution in [0.25, 0.3) is 22.4 Å². The Morgan fingerprint density at radius 1 is 1.04 bits per heavy atom. The summed E-state index contributed by atoms with van der Waals surface area (Å²) in [5.74, 6) is 1.73. The minimum Gasteiger partial charge on any atom is -0.460 e. The molecular weight excluding hydrogens is 288 g/mol. The Balaban J connectivity index is 1.88. The molecule has 0 spiro atoms. The number of pyridine rings is 1. The zero-order valence-electron chi connectivity index (χ0n) is 13.5. The number of ether oxygens (including phenoxy) is 1. The van der Waals surface area contributed by atoms with Crippen molar-refractivity contribution in [3.05, 3.63) is 47.7 Å². The summed E-state index contributed by atoms with van der Waals surface area (Å²) in [6.07, 6.45) is 0. The van der Waals surface area contributed by atoms with Crippen LogP contribution in [0.5, 0.6) is 0 Å². The number of morpholine rings is 1. The maximum Gasteiger partial charge on any atom is 0.152 e. The highest BCUT2D eigenvalue weighted by Gasteiger charge is 2.16. The quantitative estimate of drug-likeness (QED) is 0.718. The number of anilines is 1. The summed E-state index contributed by atoms with van der Waals surface area (Å²) in [4.78, 5) is 7.28.